The Kier molecular flexibility index (Phi) is 8.19. The molecule has 0 aliphatic heterocycles. The normalized spacial score (nSPS) is 11.9. The number of para-hydroxylation sites is 1. The van der Waals surface area contributed by atoms with E-state index in [1.165, 1.54) is 6.92 Å². The minimum Gasteiger partial charge on any atom is -0.493 e. The minimum atomic E-state index is -1.01. The second-order valence-electron chi connectivity index (χ2n) is 8.06. The van der Waals surface area contributed by atoms with Crippen LogP contribution in [0.4, 0.5) is 5.69 Å². The lowest BCUT2D eigenvalue weighted by molar-refractivity contribution is -0.152. The molecule has 31 heavy (non-hydrogen) atoms. The first-order valence-electron chi connectivity index (χ1n) is 10.2. The number of anilines is 1. The van der Waals surface area contributed by atoms with Crippen molar-refractivity contribution in [3.63, 3.8) is 0 Å². The zero-order valence-electron chi connectivity index (χ0n) is 18.7. The summed E-state index contributed by atoms with van der Waals surface area (Å²) in [4.78, 5) is 36.7. The zero-order valence-corrected chi connectivity index (χ0v) is 18.7. The van der Waals surface area contributed by atoms with Gasteiger partial charge in [0, 0.05) is 5.69 Å². The molecule has 0 saturated carbocycles. The van der Waals surface area contributed by atoms with Gasteiger partial charge in [0.25, 0.3) is 11.8 Å². The van der Waals surface area contributed by atoms with Crippen molar-refractivity contribution in [2.24, 2.45) is 0 Å². The highest BCUT2D eigenvalue weighted by atomic mass is 16.5. The van der Waals surface area contributed by atoms with Crippen molar-refractivity contribution in [2.75, 3.05) is 18.5 Å². The first kappa shape index (κ1) is 23.9. The summed E-state index contributed by atoms with van der Waals surface area (Å²) in [6, 6.07) is 14.3. The molecule has 0 bridgehead atoms. The summed E-state index contributed by atoms with van der Waals surface area (Å²) in [6.07, 6.45) is -1.01. The van der Waals surface area contributed by atoms with Gasteiger partial charge in [-0.15, -0.1) is 0 Å². The van der Waals surface area contributed by atoms with Crippen LogP contribution >= 0.6 is 0 Å². The molecule has 7 heteroatoms. The van der Waals surface area contributed by atoms with Gasteiger partial charge in [-0.2, -0.15) is 0 Å². The molecule has 2 rings (SSSR count). The molecule has 0 fully saturated rings. The fourth-order valence-electron chi connectivity index (χ4n) is 2.77. The van der Waals surface area contributed by atoms with Crippen LogP contribution in [0.25, 0.3) is 0 Å². The fourth-order valence-corrected chi connectivity index (χ4v) is 2.77. The van der Waals surface area contributed by atoms with Crippen LogP contribution in [-0.2, 0) is 19.7 Å². The van der Waals surface area contributed by atoms with Gasteiger partial charge in [-0.3, -0.25) is 14.4 Å². The van der Waals surface area contributed by atoms with E-state index in [4.69, 9.17) is 9.47 Å². The number of benzene rings is 2. The lowest BCUT2D eigenvalue weighted by atomic mass is 9.87. The molecular formula is C24H30N2O5. The summed E-state index contributed by atoms with van der Waals surface area (Å²) in [5.74, 6) is -1.20. The third kappa shape index (κ3) is 7.13. The summed E-state index contributed by atoms with van der Waals surface area (Å²) < 4.78 is 10.5. The van der Waals surface area contributed by atoms with E-state index in [1.54, 1.807) is 24.3 Å². The molecule has 0 aliphatic carbocycles. The number of nitrogens with one attached hydrogen (secondary N) is 2. The molecule has 0 radical (unpaired) electrons. The molecule has 7 nitrogen and oxygen atoms in total. The number of esters is 1. The van der Waals surface area contributed by atoms with Crippen LogP contribution in [0.2, 0.25) is 0 Å². The standard InChI is InChI=1S/C24H30N2O5/c1-6-30-20-10-8-7-9-19(20)23(29)25-15-21(27)31-16(2)22(28)26-18-13-11-17(12-14-18)24(3,4)5/h7-14,16H,6,15H2,1-5H3,(H,25,29)(H,26,28). The Morgan fingerprint density at radius 1 is 1.00 bits per heavy atom. The third-order valence-electron chi connectivity index (χ3n) is 4.52. The predicted octanol–water partition coefficient (Wildman–Crippen LogP) is 3.68. The molecule has 0 aromatic heterocycles. The van der Waals surface area contributed by atoms with Crippen molar-refractivity contribution in [2.45, 2.75) is 46.1 Å². The second kappa shape index (κ2) is 10.6. The van der Waals surface area contributed by atoms with Gasteiger partial charge >= 0.3 is 5.97 Å². The molecule has 2 aromatic carbocycles. The molecule has 0 aliphatic rings. The Labute approximate surface area is 183 Å². The topological polar surface area (TPSA) is 93.7 Å². The van der Waals surface area contributed by atoms with Crippen LogP contribution in [0.15, 0.2) is 48.5 Å². The number of ether oxygens (including phenoxy) is 2. The molecule has 2 aromatic rings. The number of hydrogen-bond donors (Lipinski definition) is 2. The van der Waals surface area contributed by atoms with Gasteiger partial charge in [0.05, 0.1) is 12.2 Å². The first-order chi connectivity index (χ1) is 14.6. The maximum Gasteiger partial charge on any atom is 0.326 e. The average molecular weight is 427 g/mol. The monoisotopic (exact) mass is 426 g/mol. The van der Waals surface area contributed by atoms with Crippen molar-refractivity contribution < 1.29 is 23.9 Å². The Morgan fingerprint density at radius 3 is 2.26 bits per heavy atom. The maximum atomic E-state index is 12.3. The Bertz CT molecular complexity index is 916. The van der Waals surface area contributed by atoms with Crippen molar-refractivity contribution in [1.29, 1.82) is 0 Å². The number of carbonyl (C=O) groups excluding carboxylic acids is 3. The van der Waals surface area contributed by atoms with Crippen LogP contribution in [0.1, 0.15) is 50.5 Å². The predicted molar refractivity (Wildman–Crippen MR) is 119 cm³/mol. The smallest absolute Gasteiger partial charge is 0.326 e. The molecule has 2 amide bonds. The summed E-state index contributed by atoms with van der Waals surface area (Å²) in [5.41, 5.74) is 2.09. The van der Waals surface area contributed by atoms with Gasteiger partial charge in [0.15, 0.2) is 6.10 Å². The molecule has 1 atom stereocenters. The molecule has 1 unspecified atom stereocenters. The Hall–Kier alpha value is -3.35. The summed E-state index contributed by atoms with van der Waals surface area (Å²) in [6.45, 7) is 9.67. The van der Waals surface area contributed by atoms with Crippen LogP contribution in [-0.4, -0.2) is 37.0 Å². The fraction of sp³-hybridized carbons (Fsp3) is 0.375. The zero-order chi connectivity index (χ0) is 23.0. The minimum absolute atomic E-state index is 0.0129. The lowest BCUT2D eigenvalue weighted by Crippen LogP contribution is -2.36. The van der Waals surface area contributed by atoms with Gasteiger partial charge in [-0.25, -0.2) is 0 Å². The third-order valence-corrected chi connectivity index (χ3v) is 4.52. The highest BCUT2D eigenvalue weighted by Gasteiger charge is 2.20. The molecule has 0 heterocycles. The summed E-state index contributed by atoms with van der Waals surface area (Å²) in [7, 11) is 0. The quantitative estimate of drug-likeness (QED) is 0.628. The van der Waals surface area contributed by atoms with Crippen molar-refractivity contribution in [3.05, 3.63) is 59.7 Å². The van der Waals surface area contributed by atoms with E-state index in [1.807, 2.05) is 31.2 Å². The van der Waals surface area contributed by atoms with Crippen LogP contribution in [0.5, 0.6) is 5.75 Å². The van der Waals surface area contributed by atoms with E-state index in [0.717, 1.165) is 5.56 Å². The Morgan fingerprint density at radius 2 is 1.65 bits per heavy atom. The summed E-state index contributed by atoms with van der Waals surface area (Å²) in [5, 5.41) is 5.20. The molecule has 166 valence electrons. The van der Waals surface area contributed by atoms with E-state index >= 15 is 0 Å². The van der Waals surface area contributed by atoms with Gasteiger partial charge in [0.1, 0.15) is 12.3 Å². The highest BCUT2D eigenvalue weighted by Crippen LogP contribution is 2.23. The van der Waals surface area contributed by atoms with E-state index < -0.39 is 23.9 Å². The molecular weight excluding hydrogens is 396 g/mol. The van der Waals surface area contributed by atoms with Crippen molar-refractivity contribution in [1.82, 2.24) is 5.32 Å². The first-order valence-corrected chi connectivity index (χ1v) is 10.2. The Balaban J connectivity index is 1.85. The molecule has 0 saturated heterocycles. The largest absolute Gasteiger partial charge is 0.493 e. The van der Waals surface area contributed by atoms with Gasteiger partial charge in [0.2, 0.25) is 0 Å². The van der Waals surface area contributed by atoms with Crippen LogP contribution in [0.3, 0.4) is 0 Å². The van der Waals surface area contributed by atoms with Crippen LogP contribution in [0, 0.1) is 0 Å². The van der Waals surface area contributed by atoms with Crippen molar-refractivity contribution >= 4 is 23.5 Å². The number of carbonyl (C=O) groups is 3. The van der Waals surface area contributed by atoms with E-state index in [-0.39, 0.29) is 12.0 Å². The number of amides is 2. The summed E-state index contributed by atoms with van der Waals surface area (Å²) >= 11 is 0. The number of hydrogen-bond acceptors (Lipinski definition) is 5. The van der Waals surface area contributed by atoms with Gasteiger partial charge in [-0.05, 0) is 49.1 Å². The van der Waals surface area contributed by atoms with E-state index in [2.05, 4.69) is 31.4 Å². The SMILES string of the molecule is CCOc1ccccc1C(=O)NCC(=O)OC(C)C(=O)Nc1ccc(C(C)(C)C)cc1. The maximum absolute atomic E-state index is 12.3. The molecule has 2 N–H and O–H groups in total. The van der Waals surface area contributed by atoms with Gasteiger partial charge in [-0.1, -0.05) is 45.0 Å². The van der Waals surface area contributed by atoms with Gasteiger partial charge < -0.3 is 20.1 Å². The van der Waals surface area contributed by atoms with Crippen molar-refractivity contribution in [3.8, 4) is 5.75 Å². The lowest BCUT2D eigenvalue weighted by Gasteiger charge is -2.19. The van der Waals surface area contributed by atoms with E-state index in [9.17, 15) is 14.4 Å². The highest BCUT2D eigenvalue weighted by molar-refractivity contribution is 5.99. The average Bonchev–Trinajstić information content (AvgIpc) is 2.72. The number of rotatable bonds is 8. The van der Waals surface area contributed by atoms with Crippen LogP contribution < -0.4 is 15.4 Å². The van der Waals surface area contributed by atoms with E-state index in [0.29, 0.717) is 23.6 Å². The molecule has 0 spiro atoms. The second-order valence-corrected chi connectivity index (χ2v) is 8.06.